The van der Waals surface area contributed by atoms with Crippen molar-refractivity contribution < 1.29 is 13.1 Å². The van der Waals surface area contributed by atoms with Gasteiger partial charge in [0.25, 0.3) is 0 Å². The summed E-state index contributed by atoms with van der Waals surface area (Å²) in [4.78, 5) is 9.00. The van der Waals surface area contributed by atoms with Crippen LogP contribution in [0.5, 0.6) is 11.5 Å². The second-order valence-electron chi connectivity index (χ2n) is 7.01. The Kier molecular flexibility index (Phi) is 7.87. The number of benzene rings is 4. The minimum atomic E-state index is 0. The van der Waals surface area contributed by atoms with Gasteiger partial charge in [-0.15, -0.1) is 22.7 Å². The molecule has 33 heavy (non-hydrogen) atoms. The van der Waals surface area contributed by atoms with Gasteiger partial charge in [0, 0.05) is 0 Å². The van der Waals surface area contributed by atoms with E-state index in [0.717, 1.165) is 41.6 Å². The Morgan fingerprint density at radius 3 is 1.27 bits per heavy atom. The van der Waals surface area contributed by atoms with Crippen molar-refractivity contribution in [2.24, 2.45) is 0 Å². The van der Waals surface area contributed by atoms with Crippen LogP contribution in [-0.2, 0) is 0 Å². The van der Waals surface area contributed by atoms with Crippen LogP contribution in [0.1, 0.15) is 2.85 Å². The monoisotopic (exact) mass is 594 g/mol. The molecule has 0 saturated heterocycles. The van der Waals surface area contributed by atoms with Crippen LogP contribution in [0.3, 0.4) is 0 Å². The third-order valence-corrected chi connectivity index (χ3v) is 7.00. The van der Waals surface area contributed by atoms with Crippen molar-refractivity contribution in [2.45, 2.75) is 0 Å². The number of hydrogen-bond donors (Lipinski definition) is 2. The molecule has 0 radical (unpaired) electrons. The average Bonchev–Trinajstić information content (AvgIpc) is 3.44. The van der Waals surface area contributed by atoms with Gasteiger partial charge in [-0.05, 0) is 48.5 Å². The third kappa shape index (κ3) is 5.33. The number of phenols is 2. The Bertz CT molecular complexity index is 1360. The van der Waals surface area contributed by atoms with Crippen LogP contribution in [0.15, 0.2) is 97.1 Å². The molecule has 0 bridgehead atoms. The summed E-state index contributed by atoms with van der Waals surface area (Å²) < 4.78 is 2.28. The summed E-state index contributed by atoms with van der Waals surface area (Å²) in [6.45, 7) is 0. The van der Waals surface area contributed by atoms with E-state index in [0.29, 0.717) is 0 Å². The quantitative estimate of drug-likeness (QED) is 0.209. The van der Waals surface area contributed by atoms with Crippen molar-refractivity contribution in [1.82, 2.24) is 9.97 Å². The largest absolute Gasteiger partial charge is 2.00 e. The first-order chi connectivity index (χ1) is 15.7. The summed E-state index contributed by atoms with van der Waals surface area (Å²) in [6, 6.07) is 30.5. The smallest absolute Gasteiger partial charge is 1.00 e. The van der Waals surface area contributed by atoms with Crippen LogP contribution in [0.2, 0.25) is 0 Å². The minimum absolute atomic E-state index is 0. The average molecular weight is 594 g/mol. The van der Waals surface area contributed by atoms with Gasteiger partial charge in [0.2, 0.25) is 0 Å². The molecule has 0 saturated carbocycles. The molecule has 7 heteroatoms. The second kappa shape index (κ2) is 10.8. The maximum atomic E-state index is 9.76. The first-order valence-corrected chi connectivity index (χ1v) is 11.6. The molecule has 4 nitrogen and oxygen atoms in total. The first-order valence-electron chi connectivity index (χ1n) is 9.97. The third-order valence-electron chi connectivity index (χ3n) is 4.86. The Labute approximate surface area is 242 Å². The fraction of sp³-hybridized carbons (Fsp3) is 0. The summed E-state index contributed by atoms with van der Waals surface area (Å²) in [5, 5.41) is 21.2. The van der Waals surface area contributed by atoms with Crippen LogP contribution in [0.25, 0.3) is 41.6 Å². The number of aromatic hydroxyl groups is 2. The molecule has 6 rings (SSSR count). The number of thiazole rings is 2. The predicted octanol–water partition coefficient (Wildman–Crippen LogP) is 7.18. The zero-order chi connectivity index (χ0) is 21.9. The number of hydrogen-bond acceptors (Lipinski definition) is 6. The minimum Gasteiger partial charge on any atom is -1.00 e. The van der Waals surface area contributed by atoms with Crippen LogP contribution in [-0.4, -0.2) is 69.1 Å². The van der Waals surface area contributed by atoms with Gasteiger partial charge in [-0.2, -0.15) is 0 Å². The molecule has 0 aliphatic rings. The summed E-state index contributed by atoms with van der Waals surface area (Å²) in [6.07, 6.45) is 0. The van der Waals surface area contributed by atoms with Crippen molar-refractivity contribution in [3.63, 3.8) is 0 Å². The van der Waals surface area contributed by atoms with E-state index in [4.69, 9.17) is 0 Å². The summed E-state index contributed by atoms with van der Waals surface area (Å²) in [7, 11) is 0. The van der Waals surface area contributed by atoms with Gasteiger partial charge in [-0.1, -0.05) is 48.5 Å². The normalized spacial score (nSPS) is 10.4. The summed E-state index contributed by atoms with van der Waals surface area (Å²) in [5.41, 5.74) is 3.55. The van der Waals surface area contributed by atoms with Crippen molar-refractivity contribution in [3.8, 4) is 32.6 Å². The van der Waals surface area contributed by atoms with Crippen LogP contribution in [0.4, 0.5) is 0 Å². The van der Waals surface area contributed by atoms with Crippen molar-refractivity contribution in [2.75, 3.05) is 0 Å². The molecule has 0 amide bonds. The van der Waals surface area contributed by atoms with E-state index < -0.39 is 0 Å². The number of para-hydroxylation sites is 4. The molecule has 0 atom stereocenters. The Hall–Kier alpha value is -2.17. The zero-order valence-electron chi connectivity index (χ0n) is 19.6. The Balaban J connectivity index is 0.000000227. The number of phenolic OH excluding ortho intramolecular Hbond substituents is 2. The topological polar surface area (TPSA) is 66.2 Å². The molecule has 2 N–H and O–H groups in total. The van der Waals surface area contributed by atoms with E-state index in [2.05, 4.69) is 9.97 Å². The van der Waals surface area contributed by atoms with E-state index in [1.807, 2.05) is 84.9 Å². The van der Waals surface area contributed by atoms with E-state index in [1.165, 1.54) is 0 Å². The molecule has 160 valence electrons. The Morgan fingerprint density at radius 2 is 0.879 bits per heavy atom. The maximum Gasteiger partial charge on any atom is 2.00 e. The van der Waals surface area contributed by atoms with Gasteiger partial charge < -0.3 is 13.1 Å². The van der Waals surface area contributed by atoms with Gasteiger partial charge >= 0.3 is 48.9 Å². The second-order valence-corrected chi connectivity index (χ2v) is 9.07. The first kappa shape index (κ1) is 24.0. The molecular weight excluding hydrogens is 574 g/mol. The molecule has 2 aromatic heterocycles. The Morgan fingerprint density at radius 1 is 0.515 bits per heavy atom. The number of fused-ring (bicyclic) bond motifs is 2. The molecular formula is C26H20BaN2O2S2. The van der Waals surface area contributed by atoms with E-state index in [1.54, 1.807) is 34.8 Å². The zero-order valence-corrected chi connectivity index (χ0v) is 23.6. The molecule has 0 fully saturated rings. The summed E-state index contributed by atoms with van der Waals surface area (Å²) >= 11 is 3.19. The van der Waals surface area contributed by atoms with Gasteiger partial charge in [-0.3, -0.25) is 0 Å². The summed E-state index contributed by atoms with van der Waals surface area (Å²) in [5.74, 6) is 0.558. The van der Waals surface area contributed by atoms with E-state index in [9.17, 15) is 10.2 Å². The van der Waals surface area contributed by atoms with Crippen molar-refractivity contribution in [3.05, 3.63) is 97.1 Å². The SMILES string of the molecule is Oc1ccccc1-c1nc2ccccc2s1.Oc1ccccc1-c1nc2ccccc2s1.[Ba+2].[H-].[H-]. The molecule has 2 heterocycles. The molecule has 6 aromatic rings. The fourth-order valence-electron chi connectivity index (χ4n) is 3.28. The molecule has 0 aliphatic heterocycles. The van der Waals surface area contributed by atoms with Crippen LogP contribution >= 0.6 is 22.7 Å². The van der Waals surface area contributed by atoms with E-state index >= 15 is 0 Å². The molecule has 0 unspecified atom stereocenters. The van der Waals surface area contributed by atoms with Crippen molar-refractivity contribution in [1.29, 1.82) is 0 Å². The van der Waals surface area contributed by atoms with Gasteiger partial charge in [0.1, 0.15) is 21.5 Å². The van der Waals surface area contributed by atoms with Crippen LogP contribution in [0, 0.1) is 0 Å². The van der Waals surface area contributed by atoms with Gasteiger partial charge in [0.15, 0.2) is 0 Å². The molecule has 4 aromatic carbocycles. The standard InChI is InChI=1S/2C13H9NOS.Ba.2H/c2*15-11-7-3-1-5-9(11)13-14-10-6-2-4-8-12(10)16-13;;;/h2*1-8,15H;;;/q;;+2;2*-1. The van der Waals surface area contributed by atoms with Crippen LogP contribution < -0.4 is 0 Å². The number of rotatable bonds is 2. The van der Waals surface area contributed by atoms with Gasteiger partial charge in [-0.25, -0.2) is 9.97 Å². The number of aromatic nitrogens is 2. The molecule has 0 aliphatic carbocycles. The molecule has 0 spiro atoms. The van der Waals surface area contributed by atoms with E-state index in [-0.39, 0.29) is 63.2 Å². The van der Waals surface area contributed by atoms with Gasteiger partial charge in [0.05, 0.1) is 31.6 Å². The van der Waals surface area contributed by atoms with Crippen molar-refractivity contribution >= 4 is 92.0 Å². The number of nitrogens with zero attached hydrogens (tertiary/aromatic N) is 2. The fourth-order valence-corrected chi connectivity index (χ4v) is 5.28. The maximum absolute atomic E-state index is 9.76. The predicted molar refractivity (Wildman–Crippen MR) is 141 cm³/mol.